The number of aryl methyl sites for hydroxylation is 1. The number of anilines is 1. The van der Waals surface area contributed by atoms with Gasteiger partial charge in [-0.2, -0.15) is 0 Å². The highest BCUT2D eigenvalue weighted by Gasteiger charge is 2.09. The smallest absolute Gasteiger partial charge is 0.167 e. The van der Waals surface area contributed by atoms with Gasteiger partial charge in [-0.25, -0.2) is 4.98 Å². The minimum atomic E-state index is 0.394. The van der Waals surface area contributed by atoms with Gasteiger partial charge in [0.05, 0.1) is 10.6 Å². The van der Waals surface area contributed by atoms with E-state index in [1.165, 1.54) is 6.20 Å². The molecule has 0 unspecified atom stereocenters. The summed E-state index contributed by atoms with van der Waals surface area (Å²) in [6, 6.07) is 1.72. The van der Waals surface area contributed by atoms with Gasteiger partial charge in [-0.05, 0) is 6.07 Å². The van der Waals surface area contributed by atoms with Crippen molar-refractivity contribution in [1.82, 2.24) is 19.7 Å². The van der Waals surface area contributed by atoms with E-state index in [4.69, 9.17) is 17.3 Å². The van der Waals surface area contributed by atoms with Crippen LogP contribution in [-0.4, -0.2) is 19.7 Å². The van der Waals surface area contributed by atoms with Crippen molar-refractivity contribution in [1.29, 1.82) is 0 Å². The van der Waals surface area contributed by atoms with E-state index in [0.29, 0.717) is 22.2 Å². The molecule has 2 rings (SSSR count). The van der Waals surface area contributed by atoms with E-state index in [1.807, 2.05) is 7.05 Å². The Hall–Kier alpha value is -1.62. The van der Waals surface area contributed by atoms with E-state index in [-0.39, 0.29) is 0 Å². The molecule has 2 heterocycles. The van der Waals surface area contributed by atoms with E-state index in [1.54, 1.807) is 17.0 Å². The van der Waals surface area contributed by atoms with Gasteiger partial charge < -0.3 is 10.3 Å². The Kier molecular flexibility index (Phi) is 2.09. The molecule has 0 aromatic carbocycles. The number of halogens is 1. The fourth-order valence-electron chi connectivity index (χ4n) is 1.16. The van der Waals surface area contributed by atoms with Crippen molar-refractivity contribution in [2.75, 3.05) is 5.73 Å². The first-order valence-electron chi connectivity index (χ1n) is 3.94. The van der Waals surface area contributed by atoms with Crippen molar-refractivity contribution in [3.05, 3.63) is 23.6 Å². The minimum absolute atomic E-state index is 0.394. The molecule has 0 fully saturated rings. The SMILES string of the molecule is Cn1cnnc1-c1cc(Cl)cnc1N. The van der Waals surface area contributed by atoms with Crippen LogP contribution in [0.2, 0.25) is 5.02 Å². The Morgan fingerprint density at radius 1 is 1.50 bits per heavy atom. The van der Waals surface area contributed by atoms with Crippen LogP contribution in [0.1, 0.15) is 0 Å². The van der Waals surface area contributed by atoms with E-state index in [9.17, 15) is 0 Å². The maximum Gasteiger partial charge on any atom is 0.167 e. The first-order valence-corrected chi connectivity index (χ1v) is 4.31. The molecule has 6 heteroatoms. The molecule has 0 atom stereocenters. The molecule has 5 nitrogen and oxygen atoms in total. The number of hydrogen-bond donors (Lipinski definition) is 1. The number of nitrogen functional groups attached to an aromatic ring is 1. The number of rotatable bonds is 1. The van der Waals surface area contributed by atoms with Gasteiger partial charge in [0.15, 0.2) is 5.82 Å². The zero-order chi connectivity index (χ0) is 10.1. The van der Waals surface area contributed by atoms with Crippen LogP contribution < -0.4 is 5.73 Å². The molecule has 0 aliphatic carbocycles. The van der Waals surface area contributed by atoms with Crippen LogP contribution in [0, 0.1) is 0 Å². The van der Waals surface area contributed by atoms with Crippen LogP contribution in [0.15, 0.2) is 18.6 Å². The van der Waals surface area contributed by atoms with Crippen LogP contribution in [0.3, 0.4) is 0 Å². The van der Waals surface area contributed by atoms with Gasteiger partial charge in [0.2, 0.25) is 0 Å². The summed E-state index contributed by atoms with van der Waals surface area (Å²) in [5.74, 6) is 1.04. The lowest BCUT2D eigenvalue weighted by Crippen LogP contribution is -1.98. The standard InChI is InChI=1S/C8H8ClN5/c1-14-4-12-13-8(14)6-2-5(9)3-11-7(6)10/h2-4H,1H3,(H2,10,11). The number of pyridine rings is 1. The zero-order valence-corrected chi connectivity index (χ0v) is 8.23. The van der Waals surface area contributed by atoms with Gasteiger partial charge >= 0.3 is 0 Å². The summed E-state index contributed by atoms with van der Waals surface area (Å²) in [7, 11) is 1.83. The van der Waals surface area contributed by atoms with Crippen molar-refractivity contribution < 1.29 is 0 Å². The second kappa shape index (κ2) is 3.26. The quantitative estimate of drug-likeness (QED) is 0.764. The number of nitrogens with zero attached hydrogens (tertiary/aromatic N) is 4. The maximum absolute atomic E-state index is 5.81. The lowest BCUT2D eigenvalue weighted by atomic mass is 10.2. The molecular weight excluding hydrogens is 202 g/mol. The highest BCUT2D eigenvalue weighted by atomic mass is 35.5. The summed E-state index contributed by atoms with van der Waals surface area (Å²) in [6.07, 6.45) is 3.09. The largest absolute Gasteiger partial charge is 0.383 e. The molecule has 0 bridgehead atoms. The Bertz CT molecular complexity index is 465. The molecule has 2 N–H and O–H groups in total. The fraction of sp³-hybridized carbons (Fsp3) is 0.125. The molecule has 14 heavy (non-hydrogen) atoms. The van der Waals surface area contributed by atoms with Crippen molar-refractivity contribution >= 4 is 17.4 Å². The van der Waals surface area contributed by atoms with E-state index in [0.717, 1.165) is 0 Å². The van der Waals surface area contributed by atoms with Crippen LogP contribution in [-0.2, 0) is 7.05 Å². The summed E-state index contributed by atoms with van der Waals surface area (Å²) in [6.45, 7) is 0. The topological polar surface area (TPSA) is 69.6 Å². The molecule has 0 saturated carbocycles. The lowest BCUT2D eigenvalue weighted by molar-refractivity contribution is 0.919. The molecule has 0 spiro atoms. The van der Waals surface area contributed by atoms with Gasteiger partial charge in [0.25, 0.3) is 0 Å². The molecule has 0 aliphatic rings. The first kappa shape index (κ1) is 8.96. The molecule has 0 amide bonds. The summed E-state index contributed by atoms with van der Waals surface area (Å²) >= 11 is 5.81. The third kappa shape index (κ3) is 1.42. The number of aromatic nitrogens is 4. The molecular formula is C8H8ClN5. The number of nitrogens with two attached hydrogens (primary N) is 1. The average Bonchev–Trinajstić information content (AvgIpc) is 2.56. The normalized spacial score (nSPS) is 10.4. The van der Waals surface area contributed by atoms with Crippen LogP contribution in [0.25, 0.3) is 11.4 Å². The average molecular weight is 210 g/mol. The Labute approximate surface area is 85.5 Å². The van der Waals surface area contributed by atoms with Crippen LogP contribution in [0.4, 0.5) is 5.82 Å². The Morgan fingerprint density at radius 2 is 2.29 bits per heavy atom. The Morgan fingerprint density at radius 3 is 2.93 bits per heavy atom. The zero-order valence-electron chi connectivity index (χ0n) is 7.48. The fourth-order valence-corrected chi connectivity index (χ4v) is 1.31. The predicted molar refractivity (Wildman–Crippen MR) is 53.7 cm³/mol. The maximum atomic E-state index is 5.81. The van der Waals surface area contributed by atoms with Crippen LogP contribution in [0.5, 0.6) is 0 Å². The summed E-state index contributed by atoms with van der Waals surface area (Å²) in [5.41, 5.74) is 6.39. The third-order valence-electron chi connectivity index (χ3n) is 1.84. The van der Waals surface area contributed by atoms with Crippen molar-refractivity contribution in [2.24, 2.45) is 7.05 Å². The molecule has 0 radical (unpaired) electrons. The second-order valence-corrected chi connectivity index (χ2v) is 3.29. The second-order valence-electron chi connectivity index (χ2n) is 2.85. The van der Waals surface area contributed by atoms with E-state index < -0.39 is 0 Å². The van der Waals surface area contributed by atoms with Crippen LogP contribution >= 0.6 is 11.6 Å². The monoisotopic (exact) mass is 209 g/mol. The highest BCUT2D eigenvalue weighted by Crippen LogP contribution is 2.24. The lowest BCUT2D eigenvalue weighted by Gasteiger charge is -2.03. The van der Waals surface area contributed by atoms with Gasteiger partial charge in [-0.15, -0.1) is 10.2 Å². The molecule has 72 valence electrons. The predicted octanol–water partition coefficient (Wildman–Crippen LogP) is 1.11. The number of hydrogen-bond acceptors (Lipinski definition) is 4. The van der Waals surface area contributed by atoms with Crippen molar-refractivity contribution in [2.45, 2.75) is 0 Å². The van der Waals surface area contributed by atoms with Gasteiger partial charge in [0.1, 0.15) is 12.1 Å². The van der Waals surface area contributed by atoms with Gasteiger partial charge in [0, 0.05) is 13.2 Å². The van der Waals surface area contributed by atoms with E-state index >= 15 is 0 Å². The highest BCUT2D eigenvalue weighted by molar-refractivity contribution is 6.30. The summed E-state index contributed by atoms with van der Waals surface area (Å²) in [5, 5.41) is 8.20. The summed E-state index contributed by atoms with van der Waals surface area (Å²) in [4.78, 5) is 3.94. The molecule has 0 aliphatic heterocycles. The van der Waals surface area contributed by atoms with Gasteiger partial charge in [-0.1, -0.05) is 11.6 Å². The summed E-state index contributed by atoms with van der Waals surface area (Å²) < 4.78 is 1.75. The van der Waals surface area contributed by atoms with Crippen molar-refractivity contribution in [3.63, 3.8) is 0 Å². The Balaban J connectivity index is 2.62. The van der Waals surface area contributed by atoms with Gasteiger partial charge in [-0.3, -0.25) is 0 Å². The van der Waals surface area contributed by atoms with Crippen molar-refractivity contribution in [3.8, 4) is 11.4 Å². The molecule has 2 aromatic rings. The first-order chi connectivity index (χ1) is 6.68. The molecule has 0 saturated heterocycles. The third-order valence-corrected chi connectivity index (χ3v) is 2.04. The minimum Gasteiger partial charge on any atom is -0.383 e. The van der Waals surface area contributed by atoms with E-state index in [2.05, 4.69) is 15.2 Å². The molecule has 2 aromatic heterocycles.